The van der Waals surface area contributed by atoms with E-state index < -0.39 is 0 Å². The lowest BCUT2D eigenvalue weighted by molar-refractivity contribution is -0.128. The van der Waals surface area contributed by atoms with E-state index in [0.29, 0.717) is 11.8 Å². The Morgan fingerprint density at radius 3 is 2.39 bits per heavy atom. The van der Waals surface area contributed by atoms with Crippen LogP contribution >= 0.6 is 11.8 Å². The Bertz CT molecular complexity index is 712. The number of nitrogens with zero attached hydrogens (tertiary/aromatic N) is 2. The predicted octanol–water partition coefficient (Wildman–Crippen LogP) is 4.32. The molecule has 1 heterocycles. The van der Waals surface area contributed by atoms with Crippen LogP contribution in [0.2, 0.25) is 0 Å². The third kappa shape index (κ3) is 3.77. The Hall–Kier alpha value is -1.30. The topological polar surface area (TPSA) is 64.1 Å². The molecule has 0 unspecified atom stereocenters. The molecule has 0 aromatic carbocycles. The number of nitrogens with one attached hydrogen (secondary N) is 1. The van der Waals surface area contributed by atoms with Crippen molar-refractivity contribution in [2.45, 2.75) is 80.8 Å². The number of aromatic nitrogens is 2. The number of hydrogen-bond acceptors (Lipinski definition) is 5. The molecule has 6 heteroatoms. The zero-order valence-corrected chi connectivity index (χ0v) is 17.6. The molecule has 5 aliphatic carbocycles. The van der Waals surface area contributed by atoms with Gasteiger partial charge in [0.05, 0.1) is 5.69 Å². The first-order chi connectivity index (χ1) is 13.6. The van der Waals surface area contributed by atoms with Crippen molar-refractivity contribution >= 4 is 17.7 Å². The quantitative estimate of drug-likeness (QED) is 0.568. The standard InChI is InChI=1S/C22H31N3O2S/c1-28-21-23-18(17-4-2-3-5-17)9-20(24-21)27-13-19(26)25-22-10-14-6-15(11-22)8-16(7-14)12-22/h9,14-17H,2-8,10-13H2,1H3,(H,25,26). The molecule has 5 fully saturated rings. The minimum absolute atomic E-state index is 0.00804. The van der Waals surface area contributed by atoms with E-state index in [4.69, 9.17) is 4.74 Å². The SMILES string of the molecule is CSc1nc(OCC(=O)NC23CC4CC(CC(C4)C2)C3)cc(C2CCCC2)n1. The van der Waals surface area contributed by atoms with Gasteiger partial charge in [-0.2, -0.15) is 4.98 Å². The summed E-state index contributed by atoms with van der Waals surface area (Å²) >= 11 is 1.53. The van der Waals surface area contributed by atoms with Gasteiger partial charge < -0.3 is 10.1 Å². The third-order valence-corrected chi connectivity index (χ3v) is 8.00. The van der Waals surface area contributed by atoms with Crippen molar-refractivity contribution in [2.75, 3.05) is 12.9 Å². The van der Waals surface area contributed by atoms with Crippen LogP contribution in [0, 0.1) is 17.8 Å². The van der Waals surface area contributed by atoms with E-state index in [2.05, 4.69) is 15.3 Å². The first kappa shape index (κ1) is 18.7. The molecule has 1 aromatic rings. The molecule has 0 spiro atoms. The molecule has 28 heavy (non-hydrogen) atoms. The van der Waals surface area contributed by atoms with Crippen molar-refractivity contribution in [3.05, 3.63) is 11.8 Å². The Balaban J connectivity index is 1.22. The van der Waals surface area contributed by atoms with Crippen LogP contribution in [0.15, 0.2) is 11.2 Å². The first-order valence-electron chi connectivity index (χ1n) is 11.0. The zero-order chi connectivity index (χ0) is 19.1. The lowest BCUT2D eigenvalue weighted by Gasteiger charge is -2.56. The molecule has 4 bridgehead atoms. The summed E-state index contributed by atoms with van der Waals surface area (Å²) in [7, 11) is 0. The zero-order valence-electron chi connectivity index (χ0n) is 16.8. The number of amides is 1. The minimum atomic E-state index is 0.00804. The average Bonchev–Trinajstić information content (AvgIpc) is 3.19. The normalized spacial score (nSPS) is 34.0. The summed E-state index contributed by atoms with van der Waals surface area (Å²) in [5.74, 6) is 3.54. The summed E-state index contributed by atoms with van der Waals surface area (Å²) in [5, 5.41) is 4.12. The summed E-state index contributed by atoms with van der Waals surface area (Å²) in [6.45, 7) is 0.0523. The van der Waals surface area contributed by atoms with Crippen LogP contribution in [0.5, 0.6) is 5.88 Å². The molecule has 0 radical (unpaired) electrons. The Kier molecular flexibility index (Phi) is 5.02. The van der Waals surface area contributed by atoms with Gasteiger partial charge in [0, 0.05) is 17.5 Å². The van der Waals surface area contributed by atoms with Crippen molar-refractivity contribution in [3.8, 4) is 5.88 Å². The fourth-order valence-electron chi connectivity index (χ4n) is 6.75. The van der Waals surface area contributed by atoms with Crippen molar-refractivity contribution < 1.29 is 9.53 Å². The summed E-state index contributed by atoms with van der Waals surface area (Å²) < 4.78 is 5.85. The molecule has 152 valence electrons. The van der Waals surface area contributed by atoms with Crippen molar-refractivity contribution in [1.82, 2.24) is 15.3 Å². The molecule has 5 aliphatic rings. The number of carbonyl (C=O) groups excluding carboxylic acids is 1. The van der Waals surface area contributed by atoms with Gasteiger partial charge in [0.1, 0.15) is 0 Å². The highest BCUT2D eigenvalue weighted by molar-refractivity contribution is 7.98. The fraction of sp³-hybridized carbons (Fsp3) is 0.773. The van der Waals surface area contributed by atoms with Crippen LogP contribution in [0.1, 0.15) is 75.8 Å². The summed E-state index contributed by atoms with van der Waals surface area (Å²) in [6.07, 6.45) is 14.6. The highest BCUT2D eigenvalue weighted by Crippen LogP contribution is 2.55. The molecular weight excluding hydrogens is 370 g/mol. The predicted molar refractivity (Wildman–Crippen MR) is 110 cm³/mol. The van der Waals surface area contributed by atoms with Crippen LogP contribution in [-0.4, -0.2) is 34.3 Å². The van der Waals surface area contributed by atoms with Crippen molar-refractivity contribution in [2.24, 2.45) is 17.8 Å². The number of carbonyl (C=O) groups is 1. The van der Waals surface area contributed by atoms with E-state index in [1.807, 2.05) is 12.3 Å². The molecule has 1 amide bonds. The van der Waals surface area contributed by atoms with E-state index in [0.717, 1.165) is 28.6 Å². The van der Waals surface area contributed by atoms with Gasteiger partial charge in [-0.25, -0.2) is 4.98 Å². The van der Waals surface area contributed by atoms with Gasteiger partial charge in [-0.15, -0.1) is 0 Å². The van der Waals surface area contributed by atoms with E-state index in [-0.39, 0.29) is 18.1 Å². The number of hydrogen-bond donors (Lipinski definition) is 1. The molecule has 0 aliphatic heterocycles. The second-order valence-corrected chi connectivity index (χ2v) is 10.4. The first-order valence-corrected chi connectivity index (χ1v) is 12.2. The van der Waals surface area contributed by atoms with Crippen LogP contribution in [0.3, 0.4) is 0 Å². The third-order valence-electron chi connectivity index (χ3n) is 7.45. The number of ether oxygens (including phenoxy) is 1. The van der Waals surface area contributed by atoms with Gasteiger partial charge in [-0.1, -0.05) is 24.6 Å². The van der Waals surface area contributed by atoms with Gasteiger partial charge in [0.15, 0.2) is 11.8 Å². The largest absolute Gasteiger partial charge is 0.467 e. The monoisotopic (exact) mass is 401 g/mol. The van der Waals surface area contributed by atoms with Gasteiger partial charge >= 0.3 is 0 Å². The van der Waals surface area contributed by atoms with E-state index in [9.17, 15) is 4.79 Å². The molecule has 6 rings (SSSR count). The van der Waals surface area contributed by atoms with Gasteiger partial charge in [-0.3, -0.25) is 4.79 Å². The highest BCUT2D eigenvalue weighted by atomic mass is 32.2. The summed E-state index contributed by atoms with van der Waals surface area (Å²) in [5.41, 5.74) is 1.12. The Morgan fingerprint density at radius 1 is 1.14 bits per heavy atom. The van der Waals surface area contributed by atoms with E-state index in [1.54, 1.807) is 0 Å². The second-order valence-electron chi connectivity index (χ2n) is 9.63. The van der Waals surface area contributed by atoms with Crippen LogP contribution < -0.4 is 10.1 Å². The fourth-order valence-corrected chi connectivity index (χ4v) is 7.13. The number of rotatable bonds is 6. The van der Waals surface area contributed by atoms with Crippen LogP contribution in [-0.2, 0) is 4.79 Å². The highest BCUT2D eigenvalue weighted by Gasteiger charge is 2.51. The number of thioether (sulfide) groups is 1. The van der Waals surface area contributed by atoms with Crippen molar-refractivity contribution in [3.63, 3.8) is 0 Å². The van der Waals surface area contributed by atoms with Crippen LogP contribution in [0.4, 0.5) is 0 Å². The molecule has 0 saturated heterocycles. The maximum Gasteiger partial charge on any atom is 0.258 e. The molecule has 5 nitrogen and oxygen atoms in total. The Labute approximate surface area is 171 Å². The maximum atomic E-state index is 12.7. The average molecular weight is 402 g/mol. The smallest absolute Gasteiger partial charge is 0.258 e. The lowest BCUT2D eigenvalue weighted by atomic mass is 9.53. The molecule has 1 N–H and O–H groups in total. The molecule has 5 saturated carbocycles. The van der Waals surface area contributed by atoms with Gasteiger partial charge in [0.2, 0.25) is 5.88 Å². The van der Waals surface area contributed by atoms with Crippen LogP contribution in [0.25, 0.3) is 0 Å². The Morgan fingerprint density at radius 2 is 1.79 bits per heavy atom. The second kappa shape index (κ2) is 7.51. The van der Waals surface area contributed by atoms with Gasteiger partial charge in [-0.05, 0) is 75.4 Å². The molecule has 0 atom stereocenters. The van der Waals surface area contributed by atoms with E-state index in [1.165, 1.54) is 76.0 Å². The summed E-state index contributed by atoms with van der Waals surface area (Å²) in [4.78, 5) is 21.9. The summed E-state index contributed by atoms with van der Waals surface area (Å²) in [6, 6.07) is 1.95. The maximum absolute atomic E-state index is 12.7. The minimum Gasteiger partial charge on any atom is -0.467 e. The van der Waals surface area contributed by atoms with Gasteiger partial charge in [0.25, 0.3) is 5.91 Å². The lowest BCUT2D eigenvalue weighted by Crippen LogP contribution is -2.60. The van der Waals surface area contributed by atoms with Crippen molar-refractivity contribution in [1.29, 1.82) is 0 Å². The molecule has 1 aromatic heterocycles. The van der Waals surface area contributed by atoms with E-state index >= 15 is 0 Å². The molecular formula is C22H31N3O2S.